The number of hydrogen-bond acceptors (Lipinski definition) is 3. The van der Waals surface area contributed by atoms with E-state index in [1.807, 2.05) is 60.8 Å². The molecule has 9 aromatic rings. The van der Waals surface area contributed by atoms with Crippen LogP contribution < -0.4 is 0 Å². The van der Waals surface area contributed by atoms with Crippen molar-refractivity contribution < 1.29 is 9.22 Å². The molecule has 0 saturated carbocycles. The first-order valence-corrected chi connectivity index (χ1v) is 24.2. The van der Waals surface area contributed by atoms with Gasteiger partial charge >= 0.3 is 0 Å². The topological polar surface area (TPSA) is 50.9 Å². The van der Waals surface area contributed by atoms with Crippen LogP contribution in [0, 0.1) is 6.85 Å². The molecule has 0 fully saturated rings. The molecule has 0 unspecified atom stereocenters. The van der Waals surface area contributed by atoms with E-state index in [-0.39, 0.29) is 27.6 Å². The predicted molar refractivity (Wildman–Crippen MR) is 293 cm³/mol. The Morgan fingerprint density at radius 2 is 1.06 bits per heavy atom. The summed E-state index contributed by atoms with van der Waals surface area (Å²) < 4.78 is 29.5. The highest BCUT2D eigenvalue weighted by Gasteiger charge is 2.30. The SMILES string of the molecule is [2H]C([2H])([2H])c1cc(-n2c(-c3cc(C(C)(C)C)cc(C(C)(C)C)c3O)nc3c(-c4cc(-c5cc(-c6ccccc6)ccn5)cc(C(C)(C)C)c4)cccc32)c(-c2ccccc2)cc1-c1ccc(C(C)(C)C)cc1. The van der Waals surface area contributed by atoms with Crippen LogP contribution >= 0.6 is 0 Å². The Labute approximate surface area is 415 Å². The number of phenols is 1. The van der Waals surface area contributed by atoms with Crippen molar-refractivity contribution >= 4 is 11.0 Å². The third-order valence-electron chi connectivity index (χ3n) is 13.5. The molecule has 0 amide bonds. The first-order valence-electron chi connectivity index (χ1n) is 25.7. The number of nitrogens with zero attached hydrogens (tertiary/aromatic N) is 3. The lowest BCUT2D eigenvalue weighted by Gasteiger charge is -2.28. The van der Waals surface area contributed by atoms with Crippen molar-refractivity contribution in [2.75, 3.05) is 0 Å². The zero-order valence-electron chi connectivity index (χ0n) is 45.4. The zero-order chi connectivity index (χ0) is 51.7. The molecule has 0 aliphatic rings. The van der Waals surface area contributed by atoms with Gasteiger partial charge in [-0.1, -0.05) is 192 Å². The molecular formula is C65H67N3O. The number of aromatic hydroxyl groups is 1. The zero-order valence-corrected chi connectivity index (χ0v) is 42.4. The molecule has 0 atom stereocenters. The number of fused-ring (bicyclic) bond motifs is 1. The molecule has 0 aliphatic heterocycles. The highest BCUT2D eigenvalue weighted by molar-refractivity contribution is 5.98. The van der Waals surface area contributed by atoms with Crippen molar-refractivity contribution in [3.63, 3.8) is 0 Å². The normalized spacial score (nSPS) is 13.3. The number of phenolic OH excluding ortho intramolecular Hbond substituents is 1. The number of hydrogen-bond donors (Lipinski definition) is 1. The Morgan fingerprint density at radius 1 is 0.449 bits per heavy atom. The molecule has 1 N–H and O–H groups in total. The summed E-state index contributed by atoms with van der Waals surface area (Å²) in [6, 6.07) is 54.1. The summed E-state index contributed by atoms with van der Waals surface area (Å²) in [4.78, 5) is 10.6. The second-order valence-corrected chi connectivity index (χ2v) is 22.8. The molecule has 69 heavy (non-hydrogen) atoms. The Hall–Kier alpha value is -7.04. The second kappa shape index (κ2) is 17.5. The van der Waals surface area contributed by atoms with Gasteiger partial charge in [0.05, 0.1) is 28.0 Å². The monoisotopic (exact) mass is 909 g/mol. The van der Waals surface area contributed by atoms with Gasteiger partial charge in [-0.2, -0.15) is 0 Å². The lowest BCUT2D eigenvalue weighted by molar-refractivity contribution is 0.446. The predicted octanol–water partition coefficient (Wildman–Crippen LogP) is 17.6. The van der Waals surface area contributed by atoms with E-state index in [1.165, 1.54) is 0 Å². The summed E-state index contributed by atoms with van der Waals surface area (Å²) in [7, 11) is 0. The number of pyridine rings is 1. The number of aryl methyl sites for hydroxylation is 1. The number of imidazole rings is 1. The van der Waals surface area contributed by atoms with Crippen molar-refractivity contribution in [1.29, 1.82) is 0 Å². The van der Waals surface area contributed by atoms with Gasteiger partial charge in [-0.15, -0.1) is 0 Å². The largest absolute Gasteiger partial charge is 0.507 e. The molecule has 0 saturated heterocycles. The van der Waals surface area contributed by atoms with Crippen LogP contribution in [0.1, 0.15) is 115 Å². The van der Waals surface area contributed by atoms with E-state index in [9.17, 15) is 5.11 Å². The first-order chi connectivity index (χ1) is 33.8. The van der Waals surface area contributed by atoms with E-state index >= 15 is 0 Å². The van der Waals surface area contributed by atoms with E-state index in [1.54, 1.807) is 0 Å². The van der Waals surface area contributed by atoms with E-state index < -0.39 is 12.3 Å². The molecule has 9 rings (SSSR count). The first kappa shape index (κ1) is 43.3. The maximum Gasteiger partial charge on any atom is 0.149 e. The van der Waals surface area contributed by atoms with Crippen molar-refractivity contribution in [3.05, 3.63) is 192 Å². The fraction of sp³-hybridized carbons (Fsp3) is 0.262. The third kappa shape index (κ3) is 9.30. The van der Waals surface area contributed by atoms with E-state index in [2.05, 4.69) is 191 Å². The molecule has 0 spiro atoms. The summed E-state index contributed by atoms with van der Waals surface area (Å²) in [6.07, 6.45) is 1.88. The fourth-order valence-electron chi connectivity index (χ4n) is 9.34. The second-order valence-electron chi connectivity index (χ2n) is 22.8. The lowest BCUT2D eigenvalue weighted by atomic mass is 9.79. The molecule has 7 aromatic carbocycles. The van der Waals surface area contributed by atoms with Gasteiger partial charge in [-0.3, -0.25) is 9.55 Å². The molecule has 4 nitrogen and oxygen atoms in total. The smallest absolute Gasteiger partial charge is 0.149 e. The van der Waals surface area contributed by atoms with Crippen LogP contribution in [0.4, 0.5) is 0 Å². The number of rotatable bonds is 7. The number of aromatic nitrogens is 3. The average molecular weight is 909 g/mol. The van der Waals surface area contributed by atoms with Crippen molar-refractivity contribution in [1.82, 2.24) is 14.5 Å². The Bertz CT molecular complexity index is 3470. The number of para-hydroxylation sites is 1. The minimum absolute atomic E-state index is 0.0785. The maximum absolute atomic E-state index is 12.7. The van der Waals surface area contributed by atoms with Gasteiger partial charge in [0.25, 0.3) is 0 Å². The van der Waals surface area contributed by atoms with Gasteiger partial charge in [-0.25, -0.2) is 4.98 Å². The average Bonchev–Trinajstić information content (AvgIpc) is 3.72. The van der Waals surface area contributed by atoms with Gasteiger partial charge < -0.3 is 5.11 Å². The molecule has 2 heterocycles. The van der Waals surface area contributed by atoms with Crippen LogP contribution in [-0.2, 0) is 21.7 Å². The lowest BCUT2D eigenvalue weighted by Crippen LogP contribution is -2.17. The van der Waals surface area contributed by atoms with E-state index in [0.717, 1.165) is 78.0 Å². The van der Waals surface area contributed by atoms with Crippen LogP contribution in [-0.4, -0.2) is 19.6 Å². The van der Waals surface area contributed by atoms with Crippen LogP contribution in [0.25, 0.3) is 83.9 Å². The molecule has 0 aliphatic carbocycles. The summed E-state index contributed by atoms with van der Waals surface area (Å²) >= 11 is 0. The minimum Gasteiger partial charge on any atom is -0.507 e. The minimum atomic E-state index is -2.49. The summed E-state index contributed by atoms with van der Waals surface area (Å²) in [5.41, 5.74) is 15.2. The Morgan fingerprint density at radius 3 is 1.68 bits per heavy atom. The molecule has 2 aromatic heterocycles. The quantitative estimate of drug-likeness (QED) is 0.173. The van der Waals surface area contributed by atoms with Gasteiger partial charge in [-0.05, 0) is 133 Å². The van der Waals surface area contributed by atoms with Gasteiger partial charge in [0, 0.05) is 32.6 Å². The molecular weight excluding hydrogens is 839 g/mol. The van der Waals surface area contributed by atoms with Gasteiger partial charge in [0.1, 0.15) is 11.6 Å². The third-order valence-corrected chi connectivity index (χ3v) is 13.5. The maximum atomic E-state index is 12.7. The number of benzene rings is 7. The highest BCUT2D eigenvalue weighted by Crippen LogP contribution is 2.47. The van der Waals surface area contributed by atoms with E-state index in [4.69, 9.17) is 14.1 Å². The van der Waals surface area contributed by atoms with Gasteiger partial charge in [0.15, 0.2) is 0 Å². The Balaban J connectivity index is 1.40. The van der Waals surface area contributed by atoms with Crippen molar-refractivity contribution in [2.24, 2.45) is 0 Å². The summed E-state index contributed by atoms with van der Waals surface area (Å²) in [6.45, 7) is 23.6. The summed E-state index contributed by atoms with van der Waals surface area (Å²) in [5, 5.41) is 12.7. The van der Waals surface area contributed by atoms with Crippen molar-refractivity contribution in [3.8, 4) is 78.6 Å². The highest BCUT2D eigenvalue weighted by atomic mass is 16.3. The summed E-state index contributed by atoms with van der Waals surface area (Å²) in [5.74, 6) is 0.648. The molecule has 0 bridgehead atoms. The fourth-order valence-corrected chi connectivity index (χ4v) is 9.34. The Kier molecular flexibility index (Phi) is 11.0. The molecule has 348 valence electrons. The van der Waals surface area contributed by atoms with E-state index in [0.29, 0.717) is 28.2 Å². The van der Waals surface area contributed by atoms with Crippen molar-refractivity contribution in [2.45, 2.75) is 112 Å². The van der Waals surface area contributed by atoms with Crippen LogP contribution in [0.2, 0.25) is 0 Å². The standard InChI is InChI=1S/C65H67N3O/c1-41-33-58(53(43-23-18-15-19-24-43)40-52(41)44-27-29-48(30-28-44)62(2,3)4)68-57-26-20-25-51(59(57)67-61(68)54-38-50(64(8,9)10)39-55(60(54)69)65(11,12)13)46-34-47(36-49(35-46)63(5,6)7)56-37-45(31-32-66-56)42-21-16-14-17-22-42/h14-40,69H,1-13H3/i1D3. The van der Waals surface area contributed by atoms with Gasteiger partial charge in [0.2, 0.25) is 0 Å². The van der Waals surface area contributed by atoms with Crippen LogP contribution in [0.5, 0.6) is 5.75 Å². The molecule has 0 radical (unpaired) electrons. The van der Waals surface area contributed by atoms with Crippen LogP contribution in [0.3, 0.4) is 0 Å². The van der Waals surface area contributed by atoms with Crippen LogP contribution in [0.15, 0.2) is 164 Å². The molecule has 4 heteroatoms.